The van der Waals surface area contributed by atoms with Crippen molar-refractivity contribution in [2.24, 2.45) is 5.92 Å². The molecule has 2 saturated heterocycles. The number of alkyl halides is 3. The molecule has 3 aliphatic heterocycles. The lowest BCUT2D eigenvalue weighted by molar-refractivity contribution is -0.138. The number of nitrogens with zero attached hydrogens (tertiary/aromatic N) is 5. The van der Waals surface area contributed by atoms with E-state index in [9.17, 15) is 37.1 Å². The molecule has 1 unspecified atom stereocenters. The van der Waals surface area contributed by atoms with Gasteiger partial charge >= 0.3 is 6.18 Å². The highest BCUT2D eigenvalue weighted by Crippen LogP contribution is 2.39. The first-order valence-electron chi connectivity index (χ1n) is 16.0. The van der Waals surface area contributed by atoms with Crippen LogP contribution in [0.25, 0.3) is 0 Å². The van der Waals surface area contributed by atoms with Crippen molar-refractivity contribution in [1.82, 2.24) is 20.0 Å². The topological polar surface area (TPSA) is 158 Å². The van der Waals surface area contributed by atoms with Crippen LogP contribution in [0, 0.1) is 29.1 Å². The van der Waals surface area contributed by atoms with Gasteiger partial charge in [-0.3, -0.25) is 38.9 Å². The Morgan fingerprint density at radius 2 is 1.76 bits per heavy atom. The Morgan fingerprint density at radius 3 is 2.46 bits per heavy atom. The Kier molecular flexibility index (Phi) is 7.93. The van der Waals surface area contributed by atoms with Crippen molar-refractivity contribution in [3.63, 3.8) is 0 Å². The van der Waals surface area contributed by atoms with Gasteiger partial charge in [0.15, 0.2) is 0 Å². The molecule has 254 valence electrons. The predicted octanol–water partition coefficient (Wildman–Crippen LogP) is 3.57. The van der Waals surface area contributed by atoms with E-state index in [-0.39, 0.29) is 35.6 Å². The molecule has 2 aromatic carbocycles. The molecule has 4 heterocycles. The highest BCUT2D eigenvalue weighted by atomic mass is 19.4. The number of nitriles is 1. The van der Waals surface area contributed by atoms with Gasteiger partial charge in [-0.25, -0.2) is 0 Å². The predicted molar refractivity (Wildman–Crippen MR) is 169 cm³/mol. The molecule has 3 aromatic rings. The van der Waals surface area contributed by atoms with E-state index >= 15 is 0 Å². The molecule has 1 atom stereocenters. The average molecular weight is 684 g/mol. The number of carbonyl (C=O) groups is 5. The number of halogens is 3. The Morgan fingerprint density at radius 1 is 1.02 bits per heavy atom. The first-order valence-corrected chi connectivity index (χ1v) is 16.0. The van der Waals surface area contributed by atoms with Gasteiger partial charge in [-0.15, -0.1) is 0 Å². The Balaban J connectivity index is 1.01. The summed E-state index contributed by atoms with van der Waals surface area (Å²) in [6, 6.07) is 8.49. The van der Waals surface area contributed by atoms with E-state index in [4.69, 9.17) is 5.26 Å². The zero-order chi connectivity index (χ0) is 35.4. The van der Waals surface area contributed by atoms with Crippen molar-refractivity contribution in [1.29, 1.82) is 5.26 Å². The summed E-state index contributed by atoms with van der Waals surface area (Å²) in [6.07, 6.45) is 0.885. The molecule has 7 rings (SSSR count). The lowest BCUT2D eigenvalue weighted by Gasteiger charge is -2.38. The van der Waals surface area contributed by atoms with Crippen LogP contribution in [-0.2, 0) is 26.1 Å². The quantitative estimate of drug-likeness (QED) is 0.305. The molecule has 4 aliphatic rings. The number of amides is 5. The number of imide groups is 2. The largest absolute Gasteiger partial charge is 0.417 e. The van der Waals surface area contributed by atoms with Crippen LogP contribution in [0.2, 0.25) is 0 Å². The van der Waals surface area contributed by atoms with Gasteiger partial charge in [0.25, 0.3) is 17.7 Å². The summed E-state index contributed by atoms with van der Waals surface area (Å²) in [5, 5.41) is 18.3. The standard InChI is InChI=1S/C35H28F3N7O5/c36-35(37,38)27-13-23(6-5-22(27)15-39)41-33(50)34(11-1-2-12-34)44-19-20(16-40-44)3-4-21-17-43(18-21)24-7-8-25-26(14-24)32(49)45(31(25)48)28-9-10-29(46)42-30(28)47/h5-8,13-14,16,19,21,28H,1-2,9-12,17-18H2,(H,41,50)(H,42,46,47). The van der Waals surface area contributed by atoms with Crippen LogP contribution in [0.3, 0.4) is 0 Å². The minimum absolute atomic E-state index is 0.0214. The number of piperidine rings is 1. The van der Waals surface area contributed by atoms with Gasteiger partial charge in [0.1, 0.15) is 11.6 Å². The normalized spacial score (nSPS) is 20.1. The number of anilines is 2. The molecular formula is C35H28F3N7O5. The van der Waals surface area contributed by atoms with Gasteiger partial charge in [-0.05, 0) is 55.7 Å². The fraction of sp³-hybridized carbons (Fsp3) is 0.343. The second-order valence-electron chi connectivity index (χ2n) is 12.8. The highest BCUT2D eigenvalue weighted by molar-refractivity contribution is 6.23. The van der Waals surface area contributed by atoms with E-state index in [1.54, 1.807) is 24.4 Å². The van der Waals surface area contributed by atoms with Crippen molar-refractivity contribution >= 4 is 40.9 Å². The summed E-state index contributed by atoms with van der Waals surface area (Å²) in [4.78, 5) is 66.5. The molecular weight excluding hydrogens is 655 g/mol. The third-order valence-corrected chi connectivity index (χ3v) is 9.67. The summed E-state index contributed by atoms with van der Waals surface area (Å²) in [5.74, 6) is 3.52. The second kappa shape index (κ2) is 12.2. The van der Waals surface area contributed by atoms with E-state index in [0.29, 0.717) is 31.5 Å². The molecule has 50 heavy (non-hydrogen) atoms. The van der Waals surface area contributed by atoms with Crippen LogP contribution in [0.4, 0.5) is 24.5 Å². The summed E-state index contributed by atoms with van der Waals surface area (Å²) in [7, 11) is 0. The molecule has 15 heteroatoms. The first kappa shape index (κ1) is 32.6. The molecule has 1 saturated carbocycles. The van der Waals surface area contributed by atoms with Gasteiger partial charge < -0.3 is 10.2 Å². The number of benzene rings is 2. The summed E-state index contributed by atoms with van der Waals surface area (Å²) in [5.41, 5.74) is -1.15. The van der Waals surface area contributed by atoms with Crippen LogP contribution in [0.15, 0.2) is 48.8 Å². The Bertz CT molecular complexity index is 2080. The summed E-state index contributed by atoms with van der Waals surface area (Å²) in [6.45, 7) is 1.10. The van der Waals surface area contributed by atoms with Gasteiger partial charge in [-0.2, -0.15) is 23.5 Å². The van der Waals surface area contributed by atoms with Crippen molar-refractivity contribution in [2.75, 3.05) is 23.3 Å². The number of aromatic nitrogens is 2. The molecule has 0 bridgehead atoms. The van der Waals surface area contributed by atoms with E-state index in [0.717, 1.165) is 35.6 Å². The highest BCUT2D eigenvalue weighted by Gasteiger charge is 2.46. The van der Waals surface area contributed by atoms with Crippen molar-refractivity contribution in [3.8, 4) is 17.9 Å². The number of hydrogen-bond donors (Lipinski definition) is 2. The number of fused-ring (bicyclic) bond motifs is 1. The third-order valence-electron chi connectivity index (χ3n) is 9.67. The smallest absolute Gasteiger partial charge is 0.369 e. The van der Waals surface area contributed by atoms with Crippen LogP contribution in [0.1, 0.15) is 75.9 Å². The molecule has 0 spiro atoms. The summed E-state index contributed by atoms with van der Waals surface area (Å²) >= 11 is 0. The minimum atomic E-state index is -4.76. The Hall–Kier alpha value is -5.96. The molecule has 5 amide bonds. The van der Waals surface area contributed by atoms with Crippen molar-refractivity contribution in [2.45, 2.75) is 56.3 Å². The monoisotopic (exact) mass is 683 g/mol. The average Bonchev–Trinajstić information content (AvgIpc) is 3.80. The SMILES string of the molecule is N#Cc1ccc(NC(=O)C2(n3cc(C#CC4CN(c5ccc6c(c5)C(=O)N(C5CCC(=O)NC5=O)C6=O)C4)cn3)CCCC2)cc1C(F)(F)F. The maximum Gasteiger partial charge on any atom is 0.417 e. The van der Waals surface area contributed by atoms with Crippen LogP contribution >= 0.6 is 0 Å². The maximum atomic E-state index is 13.6. The molecule has 3 fully saturated rings. The fourth-order valence-electron chi connectivity index (χ4n) is 6.96. The van der Waals surface area contributed by atoms with Gasteiger partial charge in [0, 0.05) is 37.1 Å². The molecule has 1 aromatic heterocycles. The fourth-order valence-corrected chi connectivity index (χ4v) is 6.96. The zero-order valence-corrected chi connectivity index (χ0v) is 26.3. The van der Waals surface area contributed by atoms with E-state index in [1.807, 2.05) is 4.90 Å². The van der Waals surface area contributed by atoms with Crippen LogP contribution in [0.5, 0.6) is 0 Å². The number of carbonyl (C=O) groups excluding carboxylic acids is 5. The van der Waals surface area contributed by atoms with Crippen LogP contribution in [-0.4, -0.2) is 63.3 Å². The van der Waals surface area contributed by atoms with Gasteiger partial charge in [0.2, 0.25) is 11.8 Å². The lowest BCUT2D eigenvalue weighted by Crippen LogP contribution is -2.54. The maximum absolute atomic E-state index is 13.6. The Labute approximate surface area is 283 Å². The van der Waals surface area contributed by atoms with Crippen LogP contribution < -0.4 is 15.5 Å². The summed E-state index contributed by atoms with van der Waals surface area (Å²) < 4.78 is 42.0. The van der Waals surface area contributed by atoms with E-state index in [2.05, 4.69) is 27.6 Å². The second-order valence-corrected chi connectivity index (χ2v) is 12.8. The minimum Gasteiger partial charge on any atom is -0.369 e. The van der Waals surface area contributed by atoms with Crippen molar-refractivity contribution < 1.29 is 37.1 Å². The number of nitrogens with one attached hydrogen (secondary N) is 2. The first-order chi connectivity index (χ1) is 23.9. The third kappa shape index (κ3) is 5.64. The number of hydrogen-bond acceptors (Lipinski definition) is 8. The lowest BCUT2D eigenvalue weighted by atomic mass is 9.96. The zero-order valence-electron chi connectivity index (χ0n) is 26.3. The van der Waals surface area contributed by atoms with Gasteiger partial charge in [0.05, 0.1) is 46.0 Å². The van der Waals surface area contributed by atoms with E-state index < -0.39 is 58.4 Å². The molecule has 0 radical (unpaired) electrons. The molecule has 12 nitrogen and oxygen atoms in total. The van der Waals surface area contributed by atoms with E-state index in [1.165, 1.54) is 23.0 Å². The van der Waals surface area contributed by atoms with Crippen molar-refractivity contribution in [3.05, 3.63) is 76.6 Å². The molecule has 2 N–H and O–H groups in total. The molecule has 1 aliphatic carbocycles. The number of rotatable bonds is 5. The van der Waals surface area contributed by atoms with Gasteiger partial charge in [-0.1, -0.05) is 24.7 Å².